The fraction of sp³-hybridized carbons (Fsp3) is 0.0909. The maximum absolute atomic E-state index is 10.7. The monoisotopic (exact) mass is 235 g/mol. The quantitative estimate of drug-likeness (QED) is 0.839. The van der Waals surface area contributed by atoms with Crippen molar-refractivity contribution in [1.29, 1.82) is 0 Å². The van der Waals surface area contributed by atoms with Crippen LogP contribution in [0.4, 0.5) is 0 Å². The average molecular weight is 235 g/mol. The van der Waals surface area contributed by atoms with Gasteiger partial charge in [0.05, 0.1) is 5.56 Å². The normalized spacial score (nSPS) is 10.3. The van der Waals surface area contributed by atoms with Crippen LogP contribution in [0.15, 0.2) is 23.6 Å². The van der Waals surface area contributed by atoms with Crippen LogP contribution in [-0.4, -0.2) is 21.2 Å². The summed E-state index contributed by atoms with van der Waals surface area (Å²) in [5.41, 5.74) is 1.55. The molecule has 0 saturated heterocycles. The third-order valence-corrected chi connectivity index (χ3v) is 2.98. The number of aromatic nitrogens is 1. The predicted molar refractivity (Wildman–Crippen MR) is 60.9 cm³/mol. The van der Waals surface area contributed by atoms with E-state index in [0.717, 1.165) is 5.56 Å². The van der Waals surface area contributed by atoms with E-state index in [1.165, 1.54) is 16.7 Å². The van der Waals surface area contributed by atoms with E-state index in [-0.39, 0.29) is 11.4 Å². The first kappa shape index (κ1) is 10.6. The molecule has 0 spiro atoms. The fourth-order valence-corrected chi connectivity index (χ4v) is 2.14. The molecule has 2 aromatic rings. The molecule has 0 bridgehead atoms. The van der Waals surface area contributed by atoms with Crippen LogP contribution in [0, 0.1) is 6.92 Å². The molecule has 0 saturated carbocycles. The van der Waals surface area contributed by atoms with Gasteiger partial charge in [-0.1, -0.05) is 11.6 Å². The number of carboxylic acid groups (broad SMARTS) is 1. The zero-order chi connectivity index (χ0) is 11.7. The fourth-order valence-electron chi connectivity index (χ4n) is 1.32. The van der Waals surface area contributed by atoms with Gasteiger partial charge in [-0.2, -0.15) is 0 Å². The maximum atomic E-state index is 10.7. The van der Waals surface area contributed by atoms with Gasteiger partial charge in [0.1, 0.15) is 10.8 Å². The number of rotatable bonds is 2. The van der Waals surface area contributed by atoms with E-state index in [1.54, 1.807) is 18.2 Å². The van der Waals surface area contributed by atoms with Gasteiger partial charge in [-0.05, 0) is 19.1 Å². The molecule has 0 amide bonds. The predicted octanol–water partition coefficient (Wildman–Crippen LogP) is 2.52. The van der Waals surface area contributed by atoms with Crippen molar-refractivity contribution in [3.05, 3.63) is 34.8 Å². The summed E-state index contributed by atoms with van der Waals surface area (Å²) in [6.45, 7) is 1.90. The summed E-state index contributed by atoms with van der Waals surface area (Å²) < 4.78 is 0. The SMILES string of the molecule is Cc1ccc(O)c(-c2nc(C(=O)O)cs2)c1. The van der Waals surface area contributed by atoms with Gasteiger partial charge in [0, 0.05) is 5.38 Å². The second-order valence-corrected chi connectivity index (χ2v) is 4.22. The van der Waals surface area contributed by atoms with Gasteiger partial charge in [0.25, 0.3) is 0 Å². The van der Waals surface area contributed by atoms with Crippen molar-refractivity contribution < 1.29 is 15.0 Å². The van der Waals surface area contributed by atoms with Gasteiger partial charge in [0.2, 0.25) is 0 Å². The number of aromatic hydroxyl groups is 1. The van der Waals surface area contributed by atoms with Gasteiger partial charge in [-0.3, -0.25) is 0 Å². The Labute approximate surface area is 95.8 Å². The molecule has 16 heavy (non-hydrogen) atoms. The first-order valence-electron chi connectivity index (χ1n) is 4.57. The number of benzene rings is 1. The number of carbonyl (C=O) groups is 1. The summed E-state index contributed by atoms with van der Waals surface area (Å²) in [4.78, 5) is 14.6. The summed E-state index contributed by atoms with van der Waals surface area (Å²) in [6, 6.07) is 5.14. The molecular weight excluding hydrogens is 226 g/mol. The number of hydrogen-bond donors (Lipinski definition) is 2. The lowest BCUT2D eigenvalue weighted by atomic mass is 10.1. The van der Waals surface area contributed by atoms with Crippen molar-refractivity contribution in [3.8, 4) is 16.3 Å². The Morgan fingerprint density at radius 1 is 1.44 bits per heavy atom. The molecular formula is C11H9NO3S. The van der Waals surface area contributed by atoms with Crippen LogP contribution < -0.4 is 0 Å². The molecule has 2 N–H and O–H groups in total. The number of thiazole rings is 1. The molecule has 0 aliphatic heterocycles. The van der Waals surface area contributed by atoms with Gasteiger partial charge >= 0.3 is 5.97 Å². The molecule has 5 heteroatoms. The number of nitrogens with zero attached hydrogens (tertiary/aromatic N) is 1. The molecule has 1 heterocycles. The number of phenols is 1. The lowest BCUT2D eigenvalue weighted by Crippen LogP contribution is -1.95. The highest BCUT2D eigenvalue weighted by molar-refractivity contribution is 7.13. The molecule has 1 aromatic heterocycles. The minimum absolute atomic E-state index is 0.000839. The third-order valence-electron chi connectivity index (χ3n) is 2.11. The largest absolute Gasteiger partial charge is 0.507 e. The van der Waals surface area contributed by atoms with Crippen molar-refractivity contribution in [2.45, 2.75) is 6.92 Å². The van der Waals surface area contributed by atoms with E-state index >= 15 is 0 Å². The Balaban J connectivity index is 2.50. The Morgan fingerprint density at radius 3 is 2.81 bits per heavy atom. The van der Waals surface area contributed by atoms with Gasteiger partial charge in [-0.25, -0.2) is 9.78 Å². The molecule has 0 aliphatic carbocycles. The van der Waals surface area contributed by atoms with Crippen LogP contribution in [0.3, 0.4) is 0 Å². The van der Waals surface area contributed by atoms with Crippen molar-refractivity contribution in [2.75, 3.05) is 0 Å². The topological polar surface area (TPSA) is 70.4 Å². The Bertz CT molecular complexity index is 548. The zero-order valence-electron chi connectivity index (χ0n) is 8.47. The molecule has 0 atom stereocenters. The van der Waals surface area contributed by atoms with Crippen molar-refractivity contribution in [2.24, 2.45) is 0 Å². The highest BCUT2D eigenvalue weighted by atomic mass is 32.1. The van der Waals surface area contributed by atoms with E-state index in [2.05, 4.69) is 4.98 Å². The molecule has 1 aromatic carbocycles. The molecule has 2 rings (SSSR count). The number of carboxylic acids is 1. The number of aromatic carboxylic acids is 1. The van der Waals surface area contributed by atoms with E-state index in [1.807, 2.05) is 6.92 Å². The second kappa shape index (κ2) is 3.94. The van der Waals surface area contributed by atoms with Crippen molar-refractivity contribution >= 4 is 17.3 Å². The first-order chi connectivity index (χ1) is 7.58. The third kappa shape index (κ3) is 1.90. The number of phenolic OH excluding ortho intramolecular Hbond substituents is 1. The highest BCUT2D eigenvalue weighted by Gasteiger charge is 2.12. The molecule has 4 nitrogen and oxygen atoms in total. The molecule has 0 aliphatic rings. The molecule has 0 radical (unpaired) electrons. The van der Waals surface area contributed by atoms with E-state index in [0.29, 0.717) is 10.6 Å². The summed E-state index contributed by atoms with van der Waals surface area (Å²) in [5, 5.41) is 20.4. The maximum Gasteiger partial charge on any atom is 0.355 e. The number of aryl methyl sites for hydroxylation is 1. The van der Waals surface area contributed by atoms with Crippen LogP contribution >= 0.6 is 11.3 Å². The van der Waals surface area contributed by atoms with Gasteiger partial charge < -0.3 is 10.2 Å². The minimum atomic E-state index is -1.06. The lowest BCUT2D eigenvalue weighted by Gasteiger charge is -2.01. The summed E-state index contributed by atoms with van der Waals surface area (Å²) in [7, 11) is 0. The van der Waals surface area contributed by atoms with E-state index in [9.17, 15) is 9.90 Å². The second-order valence-electron chi connectivity index (χ2n) is 3.36. The van der Waals surface area contributed by atoms with Gasteiger partial charge in [-0.15, -0.1) is 11.3 Å². The van der Waals surface area contributed by atoms with Crippen LogP contribution in [0.5, 0.6) is 5.75 Å². The number of hydrogen-bond acceptors (Lipinski definition) is 4. The Kier molecular flexibility index (Phi) is 2.62. The van der Waals surface area contributed by atoms with Crippen molar-refractivity contribution in [3.63, 3.8) is 0 Å². The molecule has 0 fully saturated rings. The van der Waals surface area contributed by atoms with Crippen LogP contribution in [-0.2, 0) is 0 Å². The summed E-state index contributed by atoms with van der Waals surface area (Å²) >= 11 is 1.20. The van der Waals surface area contributed by atoms with Crippen LogP contribution in [0.2, 0.25) is 0 Å². The Morgan fingerprint density at radius 2 is 2.19 bits per heavy atom. The zero-order valence-corrected chi connectivity index (χ0v) is 9.28. The lowest BCUT2D eigenvalue weighted by molar-refractivity contribution is 0.0691. The summed E-state index contributed by atoms with van der Waals surface area (Å²) in [5.74, 6) is -0.952. The van der Waals surface area contributed by atoms with Crippen LogP contribution in [0.1, 0.15) is 16.1 Å². The summed E-state index contributed by atoms with van der Waals surface area (Å²) in [6.07, 6.45) is 0. The van der Waals surface area contributed by atoms with Gasteiger partial charge in [0.15, 0.2) is 5.69 Å². The van der Waals surface area contributed by atoms with Crippen LogP contribution in [0.25, 0.3) is 10.6 Å². The first-order valence-corrected chi connectivity index (χ1v) is 5.44. The van der Waals surface area contributed by atoms with E-state index < -0.39 is 5.97 Å². The highest BCUT2D eigenvalue weighted by Crippen LogP contribution is 2.32. The Hall–Kier alpha value is -1.88. The minimum Gasteiger partial charge on any atom is -0.507 e. The standard InChI is InChI=1S/C11H9NO3S/c1-6-2-3-9(13)7(4-6)10-12-8(5-16-10)11(14)15/h2-5,13H,1H3,(H,14,15). The molecule has 0 unspecified atom stereocenters. The van der Waals surface area contributed by atoms with E-state index in [4.69, 9.17) is 5.11 Å². The van der Waals surface area contributed by atoms with Crippen molar-refractivity contribution in [1.82, 2.24) is 4.98 Å². The molecule has 82 valence electrons. The average Bonchev–Trinajstić information content (AvgIpc) is 2.70. The smallest absolute Gasteiger partial charge is 0.355 e.